The maximum absolute atomic E-state index is 12.1. The first-order valence-electron chi connectivity index (χ1n) is 6.86. The number of nitrogens with one attached hydrogen (secondary N) is 2. The molecule has 0 fully saturated rings. The maximum Gasteiger partial charge on any atom is 0.234 e. The second-order valence-electron chi connectivity index (χ2n) is 4.74. The molecular weight excluding hydrogens is 334 g/mol. The molecule has 0 aliphatic heterocycles. The second-order valence-corrected chi connectivity index (χ2v) is 6.14. The van der Waals surface area contributed by atoms with Crippen molar-refractivity contribution in [3.05, 3.63) is 47.5 Å². The van der Waals surface area contributed by atoms with Gasteiger partial charge in [-0.25, -0.2) is 4.98 Å². The molecule has 3 aromatic rings. The lowest BCUT2D eigenvalue weighted by molar-refractivity contribution is -0.113. The fraction of sp³-hybridized carbons (Fsp3) is 0.125. The predicted molar refractivity (Wildman–Crippen MR) is 93.5 cm³/mol. The molecule has 0 atom stereocenters. The van der Waals surface area contributed by atoms with Gasteiger partial charge < -0.3 is 15.0 Å². The molecule has 0 saturated heterocycles. The number of carbonyl (C=O) groups excluding carboxylic acids is 1. The van der Waals surface area contributed by atoms with Crippen LogP contribution in [0.4, 0.5) is 5.69 Å². The Balaban J connectivity index is 1.63. The van der Waals surface area contributed by atoms with E-state index in [2.05, 4.69) is 15.3 Å². The minimum Gasteiger partial charge on any atom is -0.495 e. The third-order valence-electron chi connectivity index (χ3n) is 3.14. The molecule has 2 aromatic carbocycles. The van der Waals surface area contributed by atoms with Gasteiger partial charge in [0.15, 0.2) is 5.16 Å². The fourth-order valence-corrected chi connectivity index (χ4v) is 2.95. The second kappa shape index (κ2) is 6.93. The Bertz CT molecular complexity index is 850. The molecule has 23 heavy (non-hydrogen) atoms. The number of nitrogens with zero attached hydrogens (tertiary/aromatic N) is 1. The Kier molecular flexibility index (Phi) is 4.73. The van der Waals surface area contributed by atoms with Crippen LogP contribution in [0.5, 0.6) is 5.75 Å². The highest BCUT2D eigenvalue weighted by molar-refractivity contribution is 7.99. The standard InChI is InChI=1S/C16H14ClN3O2S/c1-22-14-5-3-2-4-12(14)18-15(21)9-23-16-19-11-7-6-10(17)8-13(11)20-16/h2-8H,9H2,1H3,(H,18,21)(H,19,20). The number of para-hydroxylation sites is 2. The number of hydrogen-bond acceptors (Lipinski definition) is 4. The zero-order chi connectivity index (χ0) is 16.2. The molecular formula is C16H14ClN3O2S. The minimum atomic E-state index is -0.127. The Morgan fingerprint density at radius 2 is 2.17 bits per heavy atom. The summed E-state index contributed by atoms with van der Waals surface area (Å²) in [6.07, 6.45) is 0. The average molecular weight is 348 g/mol. The summed E-state index contributed by atoms with van der Waals surface area (Å²) in [6, 6.07) is 12.7. The van der Waals surface area contributed by atoms with Gasteiger partial charge in [0, 0.05) is 5.02 Å². The van der Waals surface area contributed by atoms with Crippen LogP contribution >= 0.6 is 23.4 Å². The average Bonchev–Trinajstić information content (AvgIpc) is 2.95. The van der Waals surface area contributed by atoms with E-state index >= 15 is 0 Å². The van der Waals surface area contributed by atoms with E-state index < -0.39 is 0 Å². The van der Waals surface area contributed by atoms with Crippen LogP contribution in [0.25, 0.3) is 11.0 Å². The topological polar surface area (TPSA) is 67.0 Å². The van der Waals surface area contributed by atoms with Crippen LogP contribution in [-0.2, 0) is 4.79 Å². The van der Waals surface area contributed by atoms with Gasteiger partial charge in [0.2, 0.25) is 5.91 Å². The van der Waals surface area contributed by atoms with Crippen LogP contribution in [0.2, 0.25) is 5.02 Å². The lowest BCUT2D eigenvalue weighted by Gasteiger charge is -2.09. The smallest absolute Gasteiger partial charge is 0.234 e. The van der Waals surface area contributed by atoms with Crippen molar-refractivity contribution in [1.82, 2.24) is 9.97 Å². The maximum atomic E-state index is 12.1. The van der Waals surface area contributed by atoms with Gasteiger partial charge in [0.25, 0.3) is 0 Å². The van der Waals surface area contributed by atoms with E-state index in [0.717, 1.165) is 11.0 Å². The number of thioether (sulfide) groups is 1. The number of ether oxygens (including phenoxy) is 1. The Labute approximate surface area is 142 Å². The van der Waals surface area contributed by atoms with E-state index in [1.54, 1.807) is 25.3 Å². The number of halogens is 1. The van der Waals surface area contributed by atoms with Crippen LogP contribution < -0.4 is 10.1 Å². The largest absolute Gasteiger partial charge is 0.495 e. The van der Waals surface area contributed by atoms with E-state index in [1.807, 2.05) is 24.3 Å². The molecule has 0 aliphatic rings. The van der Waals surface area contributed by atoms with Crippen LogP contribution in [0.15, 0.2) is 47.6 Å². The van der Waals surface area contributed by atoms with Gasteiger partial charge in [-0.05, 0) is 30.3 Å². The van der Waals surface area contributed by atoms with E-state index in [1.165, 1.54) is 11.8 Å². The molecule has 1 heterocycles. The first-order valence-corrected chi connectivity index (χ1v) is 8.23. The molecule has 1 aromatic heterocycles. The molecule has 0 radical (unpaired) electrons. The van der Waals surface area contributed by atoms with Crippen LogP contribution in [0, 0.1) is 0 Å². The molecule has 118 valence electrons. The minimum absolute atomic E-state index is 0.127. The number of aromatic amines is 1. The molecule has 5 nitrogen and oxygen atoms in total. The number of carbonyl (C=O) groups is 1. The lowest BCUT2D eigenvalue weighted by atomic mass is 10.3. The van der Waals surface area contributed by atoms with Crippen LogP contribution in [-0.4, -0.2) is 28.7 Å². The molecule has 3 rings (SSSR count). The Morgan fingerprint density at radius 3 is 3.00 bits per heavy atom. The molecule has 7 heteroatoms. The fourth-order valence-electron chi connectivity index (χ4n) is 2.09. The molecule has 0 saturated carbocycles. The third kappa shape index (κ3) is 3.78. The first-order chi connectivity index (χ1) is 11.2. The SMILES string of the molecule is COc1ccccc1NC(=O)CSc1nc2ccc(Cl)cc2[nH]1. The van der Waals surface area contributed by atoms with Crippen LogP contribution in [0.3, 0.4) is 0 Å². The summed E-state index contributed by atoms with van der Waals surface area (Å²) in [7, 11) is 1.57. The van der Waals surface area contributed by atoms with Crippen molar-refractivity contribution in [2.24, 2.45) is 0 Å². The van der Waals surface area contributed by atoms with E-state index in [9.17, 15) is 4.79 Å². The molecule has 0 bridgehead atoms. The zero-order valence-corrected chi connectivity index (χ0v) is 13.9. The number of anilines is 1. The molecule has 0 unspecified atom stereocenters. The summed E-state index contributed by atoms with van der Waals surface area (Å²) in [5.74, 6) is 0.744. The molecule has 0 aliphatic carbocycles. The van der Waals surface area contributed by atoms with Gasteiger partial charge in [-0.3, -0.25) is 4.79 Å². The number of amides is 1. The zero-order valence-electron chi connectivity index (χ0n) is 12.3. The number of H-pyrrole nitrogens is 1. The summed E-state index contributed by atoms with van der Waals surface area (Å²) >= 11 is 7.27. The number of fused-ring (bicyclic) bond motifs is 1. The highest BCUT2D eigenvalue weighted by Crippen LogP contribution is 2.25. The van der Waals surface area contributed by atoms with Crippen molar-refractivity contribution in [2.75, 3.05) is 18.2 Å². The van der Waals surface area contributed by atoms with Gasteiger partial charge in [-0.1, -0.05) is 35.5 Å². The number of aromatic nitrogens is 2. The first kappa shape index (κ1) is 15.7. The van der Waals surface area contributed by atoms with E-state index in [0.29, 0.717) is 21.6 Å². The van der Waals surface area contributed by atoms with Gasteiger partial charge in [0.1, 0.15) is 5.75 Å². The summed E-state index contributed by atoms with van der Waals surface area (Å²) in [6.45, 7) is 0. The summed E-state index contributed by atoms with van der Waals surface area (Å²) in [5.41, 5.74) is 2.32. The predicted octanol–water partition coefficient (Wildman–Crippen LogP) is 3.96. The van der Waals surface area contributed by atoms with Crippen molar-refractivity contribution >= 4 is 46.0 Å². The normalized spacial score (nSPS) is 10.7. The third-order valence-corrected chi connectivity index (χ3v) is 4.25. The summed E-state index contributed by atoms with van der Waals surface area (Å²) < 4.78 is 5.21. The highest BCUT2D eigenvalue weighted by Gasteiger charge is 2.10. The highest BCUT2D eigenvalue weighted by atomic mass is 35.5. The number of imidazole rings is 1. The van der Waals surface area contributed by atoms with Crippen molar-refractivity contribution in [3.63, 3.8) is 0 Å². The lowest BCUT2D eigenvalue weighted by Crippen LogP contribution is -2.14. The molecule has 0 spiro atoms. The van der Waals surface area contributed by atoms with Crippen molar-refractivity contribution in [2.45, 2.75) is 5.16 Å². The molecule has 2 N–H and O–H groups in total. The number of hydrogen-bond donors (Lipinski definition) is 2. The Morgan fingerprint density at radius 1 is 1.35 bits per heavy atom. The summed E-state index contributed by atoms with van der Waals surface area (Å²) in [4.78, 5) is 19.6. The Hall–Kier alpha value is -2.18. The van der Waals surface area contributed by atoms with Gasteiger partial charge in [-0.15, -0.1) is 0 Å². The van der Waals surface area contributed by atoms with Gasteiger partial charge in [0.05, 0.1) is 29.6 Å². The van der Waals surface area contributed by atoms with Gasteiger partial charge in [-0.2, -0.15) is 0 Å². The van der Waals surface area contributed by atoms with Crippen LogP contribution in [0.1, 0.15) is 0 Å². The quantitative estimate of drug-likeness (QED) is 0.686. The monoisotopic (exact) mass is 347 g/mol. The van der Waals surface area contributed by atoms with E-state index in [4.69, 9.17) is 16.3 Å². The van der Waals surface area contributed by atoms with Crippen molar-refractivity contribution < 1.29 is 9.53 Å². The van der Waals surface area contributed by atoms with Crippen molar-refractivity contribution in [3.8, 4) is 5.75 Å². The number of benzene rings is 2. The summed E-state index contributed by atoms with van der Waals surface area (Å²) in [5, 5.41) is 4.15. The van der Waals surface area contributed by atoms with Gasteiger partial charge >= 0.3 is 0 Å². The van der Waals surface area contributed by atoms with E-state index in [-0.39, 0.29) is 11.7 Å². The number of methoxy groups -OCH3 is 1. The van der Waals surface area contributed by atoms with Crippen molar-refractivity contribution in [1.29, 1.82) is 0 Å². The molecule has 1 amide bonds. The number of rotatable bonds is 5.